The van der Waals surface area contributed by atoms with E-state index in [0.29, 0.717) is 44.9 Å². The standard InChI is InChI=1S/C67H113NO10/c1-21-53-44-67(20,49-61(8,9)73-42-30-28-38-59(4,5)65(16,17)75-47-55(63(12,13)77-51(2)69)45-71-57-32-24-22-25-33-57)40-36-54(53)37-41-68-50-62(10,11)74-43-31-29-39-60(6,7)66(18,19)76-48-56(64(14,15)78-52(3)70)46-72-58-34-26-23-27-35-58/h21-27,32-35,53-56,68H,1,28-31,36-50H2,2-20H3. The number of benzene rings is 2. The third-order valence-corrected chi connectivity index (χ3v) is 17.9. The van der Waals surface area contributed by atoms with Crippen molar-refractivity contribution in [3.05, 3.63) is 73.3 Å². The van der Waals surface area contributed by atoms with Gasteiger partial charge in [0.2, 0.25) is 0 Å². The molecule has 2 aromatic rings. The lowest BCUT2D eigenvalue weighted by Gasteiger charge is -2.45. The maximum Gasteiger partial charge on any atom is 0.303 e. The Morgan fingerprint density at radius 1 is 0.615 bits per heavy atom. The highest BCUT2D eigenvalue weighted by Crippen LogP contribution is 2.49. The van der Waals surface area contributed by atoms with Crippen molar-refractivity contribution >= 4 is 11.9 Å². The van der Waals surface area contributed by atoms with Gasteiger partial charge in [-0.05, 0) is 200 Å². The molecule has 1 aliphatic carbocycles. The van der Waals surface area contributed by atoms with E-state index in [1.165, 1.54) is 26.7 Å². The minimum Gasteiger partial charge on any atom is -0.493 e. The van der Waals surface area contributed by atoms with E-state index in [2.05, 4.69) is 108 Å². The summed E-state index contributed by atoms with van der Waals surface area (Å²) in [6.07, 6.45) is 13.9. The number of hydrogen-bond donors (Lipinski definition) is 1. The first-order valence-electron chi connectivity index (χ1n) is 29.7. The molecule has 0 saturated heterocycles. The lowest BCUT2D eigenvalue weighted by molar-refractivity contribution is -0.173. The summed E-state index contributed by atoms with van der Waals surface area (Å²) >= 11 is 0. The predicted molar refractivity (Wildman–Crippen MR) is 319 cm³/mol. The highest BCUT2D eigenvalue weighted by atomic mass is 16.6. The van der Waals surface area contributed by atoms with Crippen LogP contribution in [0.15, 0.2) is 73.3 Å². The van der Waals surface area contributed by atoms with Gasteiger partial charge in [0, 0.05) is 33.6 Å². The number of nitrogens with one attached hydrogen (secondary N) is 1. The van der Waals surface area contributed by atoms with Crippen LogP contribution >= 0.6 is 0 Å². The van der Waals surface area contributed by atoms with Crippen molar-refractivity contribution in [3.63, 3.8) is 0 Å². The number of ether oxygens (including phenoxy) is 8. The zero-order valence-electron chi connectivity index (χ0n) is 52.9. The van der Waals surface area contributed by atoms with Crippen molar-refractivity contribution < 1.29 is 47.5 Å². The van der Waals surface area contributed by atoms with Crippen LogP contribution in [0.1, 0.15) is 202 Å². The molecule has 5 atom stereocenters. The van der Waals surface area contributed by atoms with Crippen LogP contribution in [-0.4, -0.2) is 98.3 Å². The summed E-state index contributed by atoms with van der Waals surface area (Å²) in [7, 11) is 0. The van der Waals surface area contributed by atoms with Crippen molar-refractivity contribution in [2.24, 2.45) is 39.9 Å². The molecule has 11 nitrogen and oxygen atoms in total. The Labute approximate surface area is 476 Å². The lowest BCUT2D eigenvalue weighted by Crippen LogP contribution is -2.47. The Kier molecular flexibility index (Phi) is 26.5. The number of hydrogen-bond acceptors (Lipinski definition) is 11. The van der Waals surface area contributed by atoms with Crippen LogP contribution in [0.3, 0.4) is 0 Å². The van der Waals surface area contributed by atoms with Crippen LogP contribution in [0.25, 0.3) is 0 Å². The van der Waals surface area contributed by atoms with E-state index < -0.39 is 22.4 Å². The molecule has 1 N–H and O–H groups in total. The number of allylic oxidation sites excluding steroid dienone is 1. The van der Waals surface area contributed by atoms with Gasteiger partial charge in [0.05, 0.1) is 60.7 Å². The first-order valence-corrected chi connectivity index (χ1v) is 29.7. The summed E-state index contributed by atoms with van der Waals surface area (Å²) < 4.78 is 50.4. The van der Waals surface area contributed by atoms with E-state index in [4.69, 9.17) is 37.9 Å². The molecule has 0 aliphatic heterocycles. The summed E-state index contributed by atoms with van der Waals surface area (Å²) in [5.74, 6) is 1.69. The van der Waals surface area contributed by atoms with Gasteiger partial charge in [-0.25, -0.2) is 0 Å². The second-order valence-electron chi connectivity index (χ2n) is 27.9. The quantitative estimate of drug-likeness (QED) is 0.0393. The molecular formula is C67H113NO10. The van der Waals surface area contributed by atoms with Crippen LogP contribution in [0.5, 0.6) is 11.5 Å². The molecule has 446 valence electrons. The maximum absolute atomic E-state index is 12.0. The average Bonchev–Trinajstić information content (AvgIpc) is 3.32. The van der Waals surface area contributed by atoms with E-state index in [9.17, 15) is 9.59 Å². The largest absolute Gasteiger partial charge is 0.493 e. The minimum atomic E-state index is -0.763. The van der Waals surface area contributed by atoms with Crippen molar-refractivity contribution in [3.8, 4) is 11.5 Å². The molecule has 2 aromatic carbocycles. The molecule has 1 saturated carbocycles. The third-order valence-electron chi connectivity index (χ3n) is 17.9. The van der Waals surface area contributed by atoms with Crippen molar-refractivity contribution in [2.45, 2.75) is 236 Å². The SMILES string of the molecule is C=CC1CC(C)(CC(C)(C)OCCCCC(C)(C)C(C)(C)OCC(COc2ccccc2)C(C)(C)OC(C)=O)CCC1CCNCC(C)(C)OCCCCC(C)(C)C(C)(C)OCC(COc1ccccc1)C(C)(C)OC(C)=O. The zero-order chi connectivity index (χ0) is 58.7. The Morgan fingerprint density at radius 3 is 1.45 bits per heavy atom. The topological polar surface area (TPSA) is 120 Å². The van der Waals surface area contributed by atoms with Crippen molar-refractivity contribution in [1.82, 2.24) is 5.32 Å². The first kappa shape index (κ1) is 68.8. The molecule has 5 unspecified atom stereocenters. The molecule has 11 heteroatoms. The van der Waals surface area contributed by atoms with Gasteiger partial charge >= 0.3 is 11.9 Å². The van der Waals surface area contributed by atoms with Gasteiger partial charge in [0.25, 0.3) is 0 Å². The Morgan fingerprint density at radius 2 is 1.04 bits per heavy atom. The Balaban J connectivity index is 1.37. The number of carbonyl (C=O) groups excluding carboxylic acids is 2. The van der Waals surface area contributed by atoms with E-state index in [0.717, 1.165) is 89.0 Å². The van der Waals surface area contributed by atoms with Gasteiger partial charge in [-0.15, -0.1) is 6.58 Å². The lowest BCUT2D eigenvalue weighted by atomic mass is 9.62. The second-order valence-corrected chi connectivity index (χ2v) is 27.9. The van der Waals surface area contributed by atoms with E-state index >= 15 is 0 Å². The van der Waals surface area contributed by atoms with E-state index in [1.54, 1.807) is 0 Å². The average molecular weight is 1090 g/mol. The van der Waals surface area contributed by atoms with Gasteiger partial charge in [-0.1, -0.05) is 89.9 Å². The Bertz CT molecular complexity index is 2060. The van der Waals surface area contributed by atoms with E-state index in [-0.39, 0.29) is 51.2 Å². The van der Waals surface area contributed by atoms with Gasteiger partial charge < -0.3 is 43.2 Å². The molecule has 1 aliphatic rings. The molecule has 0 spiro atoms. The molecule has 0 aromatic heterocycles. The molecule has 78 heavy (non-hydrogen) atoms. The molecule has 0 radical (unpaired) electrons. The fourth-order valence-electron chi connectivity index (χ4n) is 11.1. The fraction of sp³-hybridized carbons (Fsp3) is 0.761. The monoisotopic (exact) mass is 1090 g/mol. The molecule has 0 heterocycles. The summed E-state index contributed by atoms with van der Waals surface area (Å²) in [6, 6.07) is 19.5. The van der Waals surface area contributed by atoms with Crippen LogP contribution in [0.4, 0.5) is 0 Å². The summed E-state index contributed by atoms with van der Waals surface area (Å²) in [5.41, 5.74) is -2.91. The van der Waals surface area contributed by atoms with Crippen molar-refractivity contribution in [2.75, 3.05) is 52.7 Å². The highest BCUT2D eigenvalue weighted by molar-refractivity contribution is 5.66. The summed E-state index contributed by atoms with van der Waals surface area (Å²) in [6.45, 7) is 48.9. The van der Waals surface area contributed by atoms with Crippen LogP contribution in [-0.2, 0) is 38.0 Å². The van der Waals surface area contributed by atoms with Gasteiger partial charge in [0.1, 0.15) is 22.7 Å². The highest BCUT2D eigenvalue weighted by Gasteiger charge is 2.44. The smallest absolute Gasteiger partial charge is 0.303 e. The fourth-order valence-corrected chi connectivity index (χ4v) is 11.1. The van der Waals surface area contributed by atoms with E-state index in [1.807, 2.05) is 88.4 Å². The number of unbranched alkanes of at least 4 members (excludes halogenated alkanes) is 2. The third kappa shape index (κ3) is 23.5. The molecular weight excluding hydrogens is 979 g/mol. The number of para-hydroxylation sites is 2. The van der Waals surface area contributed by atoms with Gasteiger partial charge in [-0.3, -0.25) is 9.59 Å². The van der Waals surface area contributed by atoms with Crippen LogP contribution < -0.4 is 14.8 Å². The number of rotatable bonds is 38. The molecule has 0 amide bonds. The maximum atomic E-state index is 12.0. The number of carbonyl (C=O) groups is 2. The first-order chi connectivity index (χ1) is 36.1. The van der Waals surface area contributed by atoms with Crippen LogP contribution in [0, 0.1) is 39.9 Å². The predicted octanol–water partition coefficient (Wildman–Crippen LogP) is 15.6. The minimum absolute atomic E-state index is 0.111. The summed E-state index contributed by atoms with van der Waals surface area (Å²) in [5, 5.41) is 3.75. The molecule has 0 bridgehead atoms. The molecule has 3 rings (SSSR count). The van der Waals surface area contributed by atoms with Gasteiger partial charge in [-0.2, -0.15) is 0 Å². The Hall–Kier alpha value is -3.48. The second kappa shape index (κ2) is 30.0. The van der Waals surface area contributed by atoms with Gasteiger partial charge in [0.15, 0.2) is 0 Å². The zero-order valence-corrected chi connectivity index (χ0v) is 52.9. The van der Waals surface area contributed by atoms with Crippen LogP contribution in [0.2, 0.25) is 0 Å². The van der Waals surface area contributed by atoms with Crippen molar-refractivity contribution in [1.29, 1.82) is 0 Å². The number of esters is 2. The normalized spacial score (nSPS) is 19.0. The summed E-state index contributed by atoms with van der Waals surface area (Å²) in [4.78, 5) is 24.1. The molecule has 1 fully saturated rings.